The van der Waals surface area contributed by atoms with Crippen molar-refractivity contribution in [3.63, 3.8) is 0 Å². The average Bonchev–Trinajstić information content (AvgIpc) is 2.31. The molecule has 94 valence electrons. The lowest BCUT2D eigenvalue weighted by atomic mass is 9.88. The van der Waals surface area contributed by atoms with Crippen LogP contribution in [0.5, 0.6) is 0 Å². The quantitative estimate of drug-likeness (QED) is 0.788. The molecule has 0 atom stereocenters. The molecule has 0 aliphatic heterocycles. The minimum atomic E-state index is 0.0902. The summed E-state index contributed by atoms with van der Waals surface area (Å²) < 4.78 is 0. The van der Waals surface area contributed by atoms with Gasteiger partial charge in [0, 0.05) is 6.20 Å². The van der Waals surface area contributed by atoms with Crippen molar-refractivity contribution in [2.45, 2.75) is 26.2 Å². The molecule has 0 radical (unpaired) electrons. The fourth-order valence-electron chi connectivity index (χ4n) is 1.68. The number of nitrogens with zero attached hydrogens (tertiary/aromatic N) is 1. The van der Waals surface area contributed by atoms with E-state index >= 15 is 0 Å². The van der Waals surface area contributed by atoms with Crippen molar-refractivity contribution in [3.8, 4) is 0 Å². The molecule has 0 bridgehead atoms. The van der Waals surface area contributed by atoms with Crippen molar-refractivity contribution in [2.24, 2.45) is 0 Å². The van der Waals surface area contributed by atoms with Crippen LogP contribution < -0.4 is 11.1 Å². The molecule has 3 heteroatoms. The molecule has 1 aromatic carbocycles. The molecule has 3 N–H and O–H groups in total. The third-order valence-corrected chi connectivity index (χ3v) is 2.84. The summed E-state index contributed by atoms with van der Waals surface area (Å²) >= 11 is 0. The summed E-state index contributed by atoms with van der Waals surface area (Å²) in [6.45, 7) is 6.51. The van der Waals surface area contributed by atoms with E-state index in [0.29, 0.717) is 0 Å². The van der Waals surface area contributed by atoms with Gasteiger partial charge >= 0.3 is 0 Å². The van der Waals surface area contributed by atoms with Crippen molar-refractivity contribution in [3.05, 3.63) is 48.3 Å². The van der Waals surface area contributed by atoms with Crippen molar-refractivity contribution in [2.75, 3.05) is 11.1 Å². The topological polar surface area (TPSA) is 50.9 Å². The predicted molar refractivity (Wildman–Crippen MR) is 77.1 cm³/mol. The number of hydrogen-bond acceptors (Lipinski definition) is 3. The van der Waals surface area contributed by atoms with Crippen LogP contribution in [-0.4, -0.2) is 4.98 Å². The molecular formula is C15H19N3. The van der Waals surface area contributed by atoms with Crippen LogP contribution in [0.25, 0.3) is 0 Å². The highest BCUT2D eigenvalue weighted by Gasteiger charge is 2.14. The fourth-order valence-corrected chi connectivity index (χ4v) is 1.68. The Bertz CT molecular complexity index is 541. The van der Waals surface area contributed by atoms with Crippen LogP contribution >= 0.6 is 0 Å². The van der Waals surface area contributed by atoms with Gasteiger partial charge in [-0.3, -0.25) is 4.98 Å². The highest BCUT2D eigenvalue weighted by atomic mass is 14.9. The summed E-state index contributed by atoms with van der Waals surface area (Å²) in [7, 11) is 0. The Hall–Kier alpha value is -2.03. The van der Waals surface area contributed by atoms with Crippen molar-refractivity contribution in [1.82, 2.24) is 4.98 Å². The van der Waals surface area contributed by atoms with Gasteiger partial charge in [0.2, 0.25) is 0 Å². The van der Waals surface area contributed by atoms with Crippen LogP contribution in [0.1, 0.15) is 26.3 Å². The van der Waals surface area contributed by atoms with Crippen LogP contribution in [0.15, 0.2) is 42.7 Å². The summed E-state index contributed by atoms with van der Waals surface area (Å²) in [5.74, 6) is 0. The zero-order chi connectivity index (χ0) is 13.2. The van der Waals surface area contributed by atoms with Crippen molar-refractivity contribution in [1.29, 1.82) is 0 Å². The van der Waals surface area contributed by atoms with Crippen molar-refractivity contribution >= 4 is 17.1 Å². The maximum atomic E-state index is 5.91. The molecule has 0 aliphatic rings. The van der Waals surface area contributed by atoms with Gasteiger partial charge in [0.25, 0.3) is 0 Å². The zero-order valence-corrected chi connectivity index (χ0v) is 11.1. The summed E-state index contributed by atoms with van der Waals surface area (Å²) in [5, 5.41) is 3.30. The molecule has 0 fully saturated rings. The molecule has 3 nitrogen and oxygen atoms in total. The number of para-hydroxylation sites is 2. The minimum absolute atomic E-state index is 0.0902. The molecular weight excluding hydrogens is 222 g/mol. The number of benzene rings is 1. The lowest BCUT2D eigenvalue weighted by molar-refractivity contribution is 0.588. The second-order valence-electron chi connectivity index (χ2n) is 5.42. The summed E-state index contributed by atoms with van der Waals surface area (Å²) in [6, 6.07) is 9.83. The number of nitrogens with one attached hydrogen (secondary N) is 1. The molecule has 1 aromatic heterocycles. The zero-order valence-electron chi connectivity index (χ0n) is 11.1. The molecule has 0 unspecified atom stereocenters. The number of pyridine rings is 1. The predicted octanol–water partition coefficient (Wildman–Crippen LogP) is 3.70. The molecule has 2 aromatic rings. The maximum absolute atomic E-state index is 5.91. The average molecular weight is 241 g/mol. The summed E-state index contributed by atoms with van der Waals surface area (Å²) in [5.41, 5.74) is 9.80. The molecule has 0 spiro atoms. The second kappa shape index (κ2) is 4.69. The maximum Gasteiger partial charge on any atom is 0.0618 e. The van der Waals surface area contributed by atoms with Gasteiger partial charge in [-0.1, -0.05) is 32.9 Å². The van der Waals surface area contributed by atoms with Gasteiger partial charge in [-0.25, -0.2) is 0 Å². The van der Waals surface area contributed by atoms with E-state index < -0.39 is 0 Å². The number of nitrogens with two attached hydrogens (primary N) is 1. The standard InChI is InChI=1S/C15H19N3/c1-15(2,3)11-8-12(10-17-9-11)18-14-7-5-4-6-13(14)16/h4-10,18H,16H2,1-3H3. The highest BCUT2D eigenvalue weighted by molar-refractivity contribution is 5.72. The van der Waals surface area contributed by atoms with Gasteiger partial charge in [-0.05, 0) is 29.2 Å². The van der Waals surface area contributed by atoms with Crippen LogP contribution in [0.3, 0.4) is 0 Å². The molecule has 18 heavy (non-hydrogen) atoms. The third kappa shape index (κ3) is 2.80. The lowest BCUT2D eigenvalue weighted by Crippen LogP contribution is -2.11. The van der Waals surface area contributed by atoms with E-state index in [-0.39, 0.29) is 5.41 Å². The van der Waals surface area contributed by atoms with E-state index in [2.05, 4.69) is 37.1 Å². The second-order valence-corrected chi connectivity index (χ2v) is 5.42. The van der Waals surface area contributed by atoms with Crippen LogP contribution in [-0.2, 0) is 5.41 Å². The normalized spacial score (nSPS) is 11.3. The Morgan fingerprint density at radius 2 is 1.83 bits per heavy atom. The number of aromatic nitrogens is 1. The first-order chi connectivity index (χ1) is 8.47. The number of hydrogen-bond donors (Lipinski definition) is 2. The van der Waals surface area contributed by atoms with E-state index in [1.54, 1.807) is 0 Å². The van der Waals surface area contributed by atoms with Crippen LogP contribution in [0.2, 0.25) is 0 Å². The van der Waals surface area contributed by atoms with Gasteiger partial charge in [0.15, 0.2) is 0 Å². The monoisotopic (exact) mass is 241 g/mol. The molecule has 1 heterocycles. The Labute approximate surface area is 108 Å². The van der Waals surface area contributed by atoms with E-state index in [0.717, 1.165) is 17.1 Å². The van der Waals surface area contributed by atoms with Gasteiger partial charge in [0.1, 0.15) is 0 Å². The Balaban J connectivity index is 2.28. The van der Waals surface area contributed by atoms with Gasteiger partial charge < -0.3 is 11.1 Å². The third-order valence-electron chi connectivity index (χ3n) is 2.84. The van der Waals surface area contributed by atoms with E-state index in [1.807, 2.05) is 36.7 Å². The first-order valence-electron chi connectivity index (χ1n) is 6.04. The molecule has 0 amide bonds. The smallest absolute Gasteiger partial charge is 0.0618 e. The minimum Gasteiger partial charge on any atom is -0.397 e. The molecule has 0 aliphatic carbocycles. The Morgan fingerprint density at radius 1 is 1.11 bits per heavy atom. The Morgan fingerprint density at radius 3 is 2.50 bits per heavy atom. The van der Waals surface area contributed by atoms with Crippen LogP contribution in [0.4, 0.5) is 17.1 Å². The first kappa shape index (κ1) is 12.4. The molecule has 0 saturated carbocycles. The van der Waals surface area contributed by atoms with Crippen molar-refractivity contribution < 1.29 is 0 Å². The number of anilines is 3. The van der Waals surface area contributed by atoms with Gasteiger partial charge in [-0.15, -0.1) is 0 Å². The largest absolute Gasteiger partial charge is 0.397 e. The number of nitrogen functional groups attached to an aromatic ring is 1. The summed E-state index contributed by atoms with van der Waals surface area (Å²) in [4.78, 5) is 4.27. The fraction of sp³-hybridized carbons (Fsp3) is 0.267. The highest BCUT2D eigenvalue weighted by Crippen LogP contribution is 2.26. The van der Waals surface area contributed by atoms with E-state index in [9.17, 15) is 0 Å². The lowest BCUT2D eigenvalue weighted by Gasteiger charge is -2.19. The summed E-state index contributed by atoms with van der Waals surface area (Å²) in [6.07, 6.45) is 3.71. The SMILES string of the molecule is CC(C)(C)c1cncc(Nc2ccccc2N)c1. The molecule has 0 saturated heterocycles. The number of rotatable bonds is 2. The van der Waals surface area contributed by atoms with E-state index in [4.69, 9.17) is 5.73 Å². The first-order valence-corrected chi connectivity index (χ1v) is 6.04. The molecule has 2 rings (SSSR count). The van der Waals surface area contributed by atoms with E-state index in [1.165, 1.54) is 5.56 Å². The van der Waals surface area contributed by atoms with Gasteiger partial charge in [0.05, 0.1) is 23.3 Å². The Kier molecular flexibility index (Phi) is 3.24. The van der Waals surface area contributed by atoms with Gasteiger partial charge in [-0.2, -0.15) is 0 Å². The van der Waals surface area contributed by atoms with Crippen LogP contribution in [0, 0.1) is 0 Å².